The molecule has 2 aromatic rings. The minimum absolute atomic E-state index is 0.117. The summed E-state index contributed by atoms with van der Waals surface area (Å²) in [6, 6.07) is 5.66. The molecule has 1 aromatic heterocycles. The molecule has 0 fully saturated rings. The van der Waals surface area contributed by atoms with Crippen molar-refractivity contribution in [3.05, 3.63) is 51.0 Å². The van der Waals surface area contributed by atoms with Crippen LogP contribution in [0.5, 0.6) is 0 Å². The second-order valence-electron chi connectivity index (χ2n) is 4.79. The maximum Gasteiger partial charge on any atom is 0.170 e. The summed E-state index contributed by atoms with van der Waals surface area (Å²) in [6.07, 6.45) is 0.887. The minimum Gasteiger partial charge on any atom is -0.409 e. The van der Waals surface area contributed by atoms with Crippen LogP contribution >= 0.6 is 11.3 Å². The Kier molecular flexibility index (Phi) is 5.30. The molecular formula is C15H19N3O2S. The van der Waals surface area contributed by atoms with Gasteiger partial charge in [0.15, 0.2) is 5.84 Å². The van der Waals surface area contributed by atoms with Crippen LogP contribution in [0.15, 0.2) is 28.9 Å². The summed E-state index contributed by atoms with van der Waals surface area (Å²) >= 11 is 1.66. The lowest BCUT2D eigenvalue weighted by Gasteiger charge is -2.09. The first-order valence-corrected chi connectivity index (χ1v) is 7.54. The van der Waals surface area contributed by atoms with Crippen LogP contribution in [0, 0.1) is 13.8 Å². The average molecular weight is 305 g/mol. The first-order chi connectivity index (χ1) is 10.1. The number of ether oxygens (including phenoxy) is 1. The molecule has 0 spiro atoms. The summed E-state index contributed by atoms with van der Waals surface area (Å²) in [7, 11) is 0. The average Bonchev–Trinajstić information content (AvgIpc) is 2.89. The Morgan fingerprint density at radius 2 is 2.24 bits per heavy atom. The van der Waals surface area contributed by atoms with E-state index in [9.17, 15) is 0 Å². The molecule has 0 atom stereocenters. The molecule has 0 aliphatic heterocycles. The number of nitrogens with two attached hydrogens (primary N) is 1. The van der Waals surface area contributed by atoms with Crippen molar-refractivity contribution in [3.63, 3.8) is 0 Å². The normalized spacial score (nSPS) is 11.8. The molecule has 0 saturated carbocycles. The van der Waals surface area contributed by atoms with E-state index in [0.717, 1.165) is 23.2 Å². The van der Waals surface area contributed by atoms with Crippen molar-refractivity contribution in [3.8, 4) is 0 Å². The zero-order chi connectivity index (χ0) is 15.2. The molecule has 21 heavy (non-hydrogen) atoms. The SMILES string of the molecule is Cc1cc(/C(N)=N/O)ccc1COCCc1scnc1C. The van der Waals surface area contributed by atoms with Crippen LogP contribution in [0.1, 0.15) is 27.3 Å². The zero-order valence-corrected chi connectivity index (χ0v) is 13.0. The lowest BCUT2D eigenvalue weighted by Crippen LogP contribution is -2.13. The maximum atomic E-state index is 8.67. The molecule has 5 nitrogen and oxygen atoms in total. The van der Waals surface area contributed by atoms with Crippen LogP contribution in [0.2, 0.25) is 0 Å². The predicted molar refractivity (Wildman–Crippen MR) is 83.9 cm³/mol. The van der Waals surface area contributed by atoms with Crippen LogP contribution in [-0.4, -0.2) is 22.6 Å². The Hall–Kier alpha value is -1.92. The summed E-state index contributed by atoms with van der Waals surface area (Å²) < 4.78 is 5.72. The molecule has 0 saturated heterocycles. The molecule has 1 heterocycles. The monoisotopic (exact) mass is 305 g/mol. The number of hydrogen-bond acceptors (Lipinski definition) is 5. The van der Waals surface area contributed by atoms with Crippen molar-refractivity contribution < 1.29 is 9.94 Å². The van der Waals surface area contributed by atoms with Gasteiger partial charge in [0.25, 0.3) is 0 Å². The van der Waals surface area contributed by atoms with E-state index in [4.69, 9.17) is 15.7 Å². The van der Waals surface area contributed by atoms with Gasteiger partial charge in [-0.15, -0.1) is 11.3 Å². The molecule has 0 amide bonds. The first-order valence-electron chi connectivity index (χ1n) is 6.66. The maximum absolute atomic E-state index is 8.67. The van der Waals surface area contributed by atoms with Crippen molar-refractivity contribution in [2.75, 3.05) is 6.61 Å². The van der Waals surface area contributed by atoms with Gasteiger partial charge in [0.1, 0.15) is 0 Å². The topological polar surface area (TPSA) is 80.7 Å². The number of hydrogen-bond donors (Lipinski definition) is 2. The van der Waals surface area contributed by atoms with Gasteiger partial charge in [-0.1, -0.05) is 17.3 Å². The van der Waals surface area contributed by atoms with Gasteiger partial charge in [0.2, 0.25) is 0 Å². The third-order valence-electron chi connectivity index (χ3n) is 3.32. The molecule has 0 bridgehead atoms. The van der Waals surface area contributed by atoms with Gasteiger partial charge in [-0.25, -0.2) is 4.98 Å². The number of amidine groups is 1. The van der Waals surface area contributed by atoms with Crippen molar-refractivity contribution >= 4 is 17.2 Å². The molecule has 6 heteroatoms. The summed E-state index contributed by atoms with van der Waals surface area (Å²) in [5, 5.41) is 11.7. The smallest absolute Gasteiger partial charge is 0.170 e. The van der Waals surface area contributed by atoms with E-state index in [1.807, 2.05) is 37.6 Å². The predicted octanol–water partition coefficient (Wildman–Crippen LogP) is 2.61. The van der Waals surface area contributed by atoms with Crippen LogP contribution in [0.25, 0.3) is 0 Å². The van der Waals surface area contributed by atoms with Crippen LogP contribution in [-0.2, 0) is 17.8 Å². The van der Waals surface area contributed by atoms with E-state index in [1.165, 1.54) is 4.88 Å². The quantitative estimate of drug-likeness (QED) is 0.283. The van der Waals surface area contributed by atoms with Gasteiger partial charge in [0, 0.05) is 16.9 Å². The summed E-state index contributed by atoms with van der Waals surface area (Å²) in [5.41, 5.74) is 11.4. The van der Waals surface area contributed by atoms with Crippen molar-refractivity contribution in [2.24, 2.45) is 10.9 Å². The number of aryl methyl sites for hydroxylation is 2. The van der Waals surface area contributed by atoms with E-state index >= 15 is 0 Å². The third-order valence-corrected chi connectivity index (χ3v) is 4.32. The highest BCUT2D eigenvalue weighted by Crippen LogP contribution is 2.15. The number of aromatic nitrogens is 1. The molecule has 112 valence electrons. The Morgan fingerprint density at radius 1 is 1.43 bits per heavy atom. The van der Waals surface area contributed by atoms with E-state index in [2.05, 4.69) is 10.1 Å². The Balaban J connectivity index is 1.87. The van der Waals surface area contributed by atoms with Crippen molar-refractivity contribution in [2.45, 2.75) is 26.9 Å². The molecule has 1 aromatic carbocycles. The van der Waals surface area contributed by atoms with Crippen LogP contribution < -0.4 is 5.73 Å². The van der Waals surface area contributed by atoms with E-state index in [1.54, 1.807) is 11.3 Å². The Bertz CT molecular complexity index is 638. The Labute approximate surface area is 128 Å². The number of nitrogens with zero attached hydrogens (tertiary/aromatic N) is 2. The molecule has 0 unspecified atom stereocenters. The molecule has 0 aliphatic carbocycles. The molecular weight excluding hydrogens is 286 g/mol. The van der Waals surface area contributed by atoms with Crippen molar-refractivity contribution in [1.82, 2.24) is 4.98 Å². The fraction of sp³-hybridized carbons (Fsp3) is 0.333. The summed E-state index contributed by atoms with van der Waals surface area (Å²) in [6.45, 7) is 5.23. The highest BCUT2D eigenvalue weighted by molar-refractivity contribution is 7.09. The summed E-state index contributed by atoms with van der Waals surface area (Å²) in [4.78, 5) is 5.49. The van der Waals surface area contributed by atoms with E-state index in [-0.39, 0.29) is 5.84 Å². The molecule has 3 N–H and O–H groups in total. The van der Waals surface area contributed by atoms with Crippen LogP contribution in [0.3, 0.4) is 0 Å². The van der Waals surface area contributed by atoms with Gasteiger partial charge >= 0.3 is 0 Å². The molecule has 2 rings (SSSR count). The van der Waals surface area contributed by atoms with E-state index in [0.29, 0.717) is 18.8 Å². The third kappa shape index (κ3) is 4.03. The first kappa shape index (κ1) is 15.5. The molecule has 0 aliphatic rings. The standard InChI is InChI=1S/C15H19N3O2S/c1-10-7-12(15(16)18-19)3-4-13(10)8-20-6-5-14-11(2)17-9-21-14/h3-4,7,9,19H,5-6,8H2,1-2H3,(H2,16,18). The fourth-order valence-corrected chi connectivity index (χ4v) is 2.75. The van der Waals surface area contributed by atoms with Gasteiger partial charge in [-0.05, 0) is 31.0 Å². The lowest BCUT2D eigenvalue weighted by atomic mass is 10.1. The summed E-state index contributed by atoms with van der Waals surface area (Å²) in [5.74, 6) is 0.117. The number of rotatable bonds is 6. The van der Waals surface area contributed by atoms with Gasteiger partial charge in [0.05, 0.1) is 24.4 Å². The number of benzene rings is 1. The number of oxime groups is 1. The van der Waals surface area contributed by atoms with Gasteiger partial charge in [-0.2, -0.15) is 0 Å². The van der Waals surface area contributed by atoms with Gasteiger partial charge < -0.3 is 15.7 Å². The minimum atomic E-state index is 0.117. The molecule has 0 radical (unpaired) electrons. The van der Waals surface area contributed by atoms with E-state index < -0.39 is 0 Å². The zero-order valence-electron chi connectivity index (χ0n) is 12.2. The van der Waals surface area contributed by atoms with Crippen LogP contribution in [0.4, 0.5) is 0 Å². The second kappa shape index (κ2) is 7.19. The van der Waals surface area contributed by atoms with Gasteiger partial charge in [-0.3, -0.25) is 0 Å². The fourth-order valence-electron chi connectivity index (χ4n) is 1.99. The number of thiazole rings is 1. The van der Waals surface area contributed by atoms with Crippen molar-refractivity contribution in [1.29, 1.82) is 0 Å². The Morgan fingerprint density at radius 3 is 2.86 bits per heavy atom. The highest BCUT2D eigenvalue weighted by atomic mass is 32.1. The largest absolute Gasteiger partial charge is 0.409 e. The lowest BCUT2D eigenvalue weighted by molar-refractivity contribution is 0.124. The highest BCUT2D eigenvalue weighted by Gasteiger charge is 2.05. The second-order valence-corrected chi connectivity index (χ2v) is 5.73.